The largest absolute Gasteiger partial charge is 0.508 e. The van der Waals surface area contributed by atoms with E-state index in [1.165, 1.54) is 0 Å². The lowest BCUT2D eigenvalue weighted by Gasteiger charge is -2.32. The van der Waals surface area contributed by atoms with Crippen molar-refractivity contribution in [2.24, 2.45) is 0 Å². The van der Waals surface area contributed by atoms with Gasteiger partial charge in [-0.15, -0.1) is 22.8 Å². The van der Waals surface area contributed by atoms with E-state index in [4.69, 9.17) is 4.74 Å². The maximum atomic E-state index is 10.2. The number of aromatic nitrogens is 3. The van der Waals surface area contributed by atoms with Gasteiger partial charge in [-0.05, 0) is 54.4 Å². The molecule has 0 unspecified atom stereocenters. The Morgan fingerprint density at radius 3 is 2.45 bits per heavy atom. The molecule has 2 heterocycles. The van der Waals surface area contributed by atoms with Crippen molar-refractivity contribution in [3.05, 3.63) is 53.6 Å². The van der Waals surface area contributed by atoms with Crippen molar-refractivity contribution in [2.75, 3.05) is 46.4 Å². The molecule has 7 nitrogen and oxygen atoms in total. The molecule has 3 aromatic rings. The number of nitrogens with zero attached hydrogens (tertiary/aromatic N) is 5. The van der Waals surface area contributed by atoms with Gasteiger partial charge >= 0.3 is 0 Å². The third-order valence-electron chi connectivity index (χ3n) is 6.18. The first kappa shape index (κ1) is 23.6. The van der Waals surface area contributed by atoms with E-state index in [1.807, 2.05) is 28.8 Å². The van der Waals surface area contributed by atoms with Crippen LogP contribution in [0.5, 0.6) is 11.5 Å². The number of piperazine rings is 1. The number of phenols is 1. The Hall–Kier alpha value is -2.55. The van der Waals surface area contributed by atoms with Crippen molar-refractivity contribution in [2.45, 2.75) is 31.5 Å². The normalized spacial score (nSPS) is 15.3. The molecule has 33 heavy (non-hydrogen) atoms. The summed E-state index contributed by atoms with van der Waals surface area (Å²) >= 11 is 4.52. The molecule has 4 rings (SSSR count). The topological polar surface area (TPSA) is 66.7 Å². The van der Waals surface area contributed by atoms with E-state index in [1.54, 1.807) is 6.07 Å². The van der Waals surface area contributed by atoms with E-state index in [2.05, 4.69) is 65.7 Å². The quantitative estimate of drug-likeness (QED) is 0.492. The second-order valence-corrected chi connectivity index (χ2v) is 9.38. The third-order valence-corrected chi connectivity index (χ3v) is 6.51. The fraction of sp³-hybridized carbons (Fsp3) is 0.440. The first-order valence-corrected chi connectivity index (χ1v) is 11.9. The number of ether oxygens (including phenoxy) is 1. The highest BCUT2D eigenvalue weighted by atomic mass is 32.1. The highest BCUT2D eigenvalue weighted by Crippen LogP contribution is 2.31. The van der Waals surface area contributed by atoms with E-state index in [0.29, 0.717) is 24.1 Å². The molecule has 176 valence electrons. The van der Waals surface area contributed by atoms with Crippen molar-refractivity contribution in [3.8, 4) is 22.9 Å². The second-order valence-electron chi connectivity index (χ2n) is 8.98. The lowest BCUT2D eigenvalue weighted by molar-refractivity contribution is 0.133. The van der Waals surface area contributed by atoms with Crippen LogP contribution in [-0.2, 0) is 6.54 Å². The number of hydrogen-bond acceptors (Lipinski definition) is 7. The summed E-state index contributed by atoms with van der Waals surface area (Å²) in [4.78, 5) is 4.81. The average Bonchev–Trinajstić information content (AvgIpc) is 3.16. The Bertz CT molecular complexity index is 1060. The molecule has 2 aromatic carbocycles. The molecule has 0 amide bonds. The van der Waals surface area contributed by atoms with E-state index in [-0.39, 0.29) is 5.92 Å². The Morgan fingerprint density at radius 2 is 1.76 bits per heavy atom. The fourth-order valence-corrected chi connectivity index (χ4v) is 4.26. The maximum absolute atomic E-state index is 10.2. The first-order chi connectivity index (χ1) is 15.9. The van der Waals surface area contributed by atoms with Crippen LogP contribution in [0.15, 0.2) is 47.6 Å². The molecule has 0 radical (unpaired) electrons. The van der Waals surface area contributed by atoms with Gasteiger partial charge in [0.15, 0.2) is 11.0 Å². The highest BCUT2D eigenvalue weighted by Gasteiger charge is 2.16. The average molecular weight is 468 g/mol. The molecule has 0 atom stereocenters. The Kier molecular flexibility index (Phi) is 7.57. The minimum Gasteiger partial charge on any atom is -0.508 e. The molecule has 1 aliphatic heterocycles. The van der Waals surface area contributed by atoms with Gasteiger partial charge in [0.25, 0.3) is 0 Å². The van der Waals surface area contributed by atoms with Gasteiger partial charge in [0.05, 0.1) is 6.54 Å². The number of phenolic OH excluding ortho intramolecular Hbond substituents is 1. The van der Waals surface area contributed by atoms with Crippen molar-refractivity contribution < 1.29 is 9.84 Å². The molecule has 0 bridgehead atoms. The minimum absolute atomic E-state index is 0.209. The number of hydrogen-bond donors (Lipinski definition) is 2. The van der Waals surface area contributed by atoms with Crippen molar-refractivity contribution >= 4 is 12.6 Å². The van der Waals surface area contributed by atoms with Crippen LogP contribution < -0.4 is 4.74 Å². The summed E-state index contributed by atoms with van der Waals surface area (Å²) < 4.78 is 7.94. The molecular weight excluding hydrogens is 434 g/mol. The van der Waals surface area contributed by atoms with Crippen LogP contribution in [-0.4, -0.2) is 76.0 Å². The summed E-state index contributed by atoms with van der Waals surface area (Å²) in [5.74, 6) is 2.12. The number of likely N-dealkylation sites (N-methyl/N-ethyl adjacent to an activating group) is 1. The lowest BCUT2D eigenvalue weighted by Crippen LogP contribution is -2.45. The van der Waals surface area contributed by atoms with Gasteiger partial charge in [-0.25, -0.2) is 0 Å². The number of rotatable bonds is 8. The number of benzene rings is 2. The van der Waals surface area contributed by atoms with Gasteiger partial charge in [-0.3, -0.25) is 9.47 Å². The molecule has 1 saturated heterocycles. The summed E-state index contributed by atoms with van der Waals surface area (Å²) in [6.45, 7) is 10.8. The zero-order valence-corrected chi connectivity index (χ0v) is 20.5. The monoisotopic (exact) mass is 467 g/mol. The third kappa shape index (κ3) is 5.88. The van der Waals surface area contributed by atoms with Crippen molar-refractivity contribution in [3.63, 3.8) is 0 Å². The van der Waals surface area contributed by atoms with Gasteiger partial charge < -0.3 is 14.7 Å². The molecule has 0 saturated carbocycles. The molecule has 1 fully saturated rings. The second kappa shape index (κ2) is 10.6. The van der Waals surface area contributed by atoms with Gasteiger partial charge in [0.1, 0.15) is 18.1 Å². The molecule has 1 aromatic heterocycles. The predicted octanol–water partition coefficient (Wildman–Crippen LogP) is 3.74. The zero-order valence-electron chi connectivity index (χ0n) is 19.6. The predicted molar refractivity (Wildman–Crippen MR) is 133 cm³/mol. The van der Waals surface area contributed by atoms with Crippen LogP contribution in [0.2, 0.25) is 0 Å². The smallest absolute Gasteiger partial charge is 0.188 e. The highest BCUT2D eigenvalue weighted by molar-refractivity contribution is 7.80. The van der Waals surface area contributed by atoms with E-state index in [9.17, 15) is 5.11 Å². The summed E-state index contributed by atoms with van der Waals surface area (Å²) in [7, 11) is 2.17. The van der Waals surface area contributed by atoms with Crippen LogP contribution in [0.1, 0.15) is 30.9 Å². The first-order valence-electron chi connectivity index (χ1n) is 11.5. The summed E-state index contributed by atoms with van der Waals surface area (Å²) in [5.41, 5.74) is 2.91. The van der Waals surface area contributed by atoms with Crippen LogP contribution in [0.4, 0.5) is 0 Å². The van der Waals surface area contributed by atoms with Crippen LogP contribution in [0, 0.1) is 0 Å². The molecule has 0 aliphatic carbocycles. The van der Waals surface area contributed by atoms with Crippen molar-refractivity contribution in [1.82, 2.24) is 24.6 Å². The SMILES string of the molecule is CC(C)c1cc(-c2nnc(S)n2Cc2ccc(OCCN3CCN(C)CC3)cc2)ccc1O. The standard InChI is InChI=1S/C25H33N5O2S/c1-18(2)22-16-20(6-9-23(22)31)24-26-27-25(33)30(24)17-19-4-7-21(8-5-19)32-15-14-29-12-10-28(3)11-13-29/h4-9,16,18,31H,10-15,17H2,1-3H3,(H,27,33). The molecule has 1 N–H and O–H groups in total. The molecule has 1 aliphatic rings. The summed E-state index contributed by atoms with van der Waals surface area (Å²) in [5, 5.41) is 19.2. The molecular formula is C25H33N5O2S. The van der Waals surface area contributed by atoms with Crippen molar-refractivity contribution in [1.29, 1.82) is 0 Å². The van der Waals surface area contributed by atoms with Gasteiger partial charge in [-0.1, -0.05) is 26.0 Å². The van der Waals surface area contributed by atoms with Gasteiger partial charge in [0, 0.05) is 38.3 Å². The maximum Gasteiger partial charge on any atom is 0.188 e. The molecule has 0 spiro atoms. The fourth-order valence-electron chi connectivity index (χ4n) is 4.05. The lowest BCUT2D eigenvalue weighted by atomic mass is 9.99. The summed E-state index contributed by atoms with van der Waals surface area (Å²) in [6.07, 6.45) is 0. The van der Waals surface area contributed by atoms with Gasteiger partial charge in [-0.2, -0.15) is 0 Å². The Balaban J connectivity index is 1.40. The van der Waals surface area contributed by atoms with Crippen LogP contribution in [0.3, 0.4) is 0 Å². The van der Waals surface area contributed by atoms with Crippen LogP contribution in [0.25, 0.3) is 11.4 Å². The summed E-state index contributed by atoms with van der Waals surface area (Å²) in [6, 6.07) is 13.7. The van der Waals surface area contributed by atoms with E-state index in [0.717, 1.165) is 61.0 Å². The number of thiol groups is 1. The van der Waals surface area contributed by atoms with E-state index < -0.39 is 0 Å². The number of aromatic hydroxyl groups is 1. The van der Waals surface area contributed by atoms with E-state index >= 15 is 0 Å². The van der Waals surface area contributed by atoms with Gasteiger partial charge in [0.2, 0.25) is 0 Å². The Labute approximate surface area is 201 Å². The molecule has 8 heteroatoms. The minimum atomic E-state index is 0.209. The van der Waals surface area contributed by atoms with Crippen LogP contribution >= 0.6 is 12.6 Å². The Morgan fingerprint density at radius 1 is 1.03 bits per heavy atom. The zero-order chi connectivity index (χ0) is 23.4.